The third-order valence-corrected chi connectivity index (χ3v) is 6.60. The monoisotopic (exact) mass is 584 g/mol. The number of hydrogen-bond donors (Lipinski definition) is 3. The number of nitrogens with one attached hydrogen (secondary N) is 3. The third-order valence-electron chi connectivity index (χ3n) is 6.60. The normalized spacial score (nSPS) is 14.5. The highest BCUT2D eigenvalue weighted by Crippen LogP contribution is 2.35. The van der Waals surface area contributed by atoms with Gasteiger partial charge in [0.2, 0.25) is 5.76 Å². The summed E-state index contributed by atoms with van der Waals surface area (Å²) < 4.78 is 61.3. The Hall–Kier alpha value is -4.56. The van der Waals surface area contributed by atoms with Crippen LogP contribution in [0.15, 0.2) is 59.1 Å². The van der Waals surface area contributed by atoms with Crippen LogP contribution < -0.4 is 16.0 Å². The maximum absolute atomic E-state index is 14.0. The molecule has 0 saturated carbocycles. The highest BCUT2D eigenvalue weighted by Gasteiger charge is 2.34. The van der Waals surface area contributed by atoms with Gasteiger partial charge in [0.1, 0.15) is 23.3 Å². The number of likely N-dealkylation sites (N-methyl/N-ethyl adjacent to an activating group) is 1. The van der Waals surface area contributed by atoms with Crippen molar-refractivity contribution in [1.29, 1.82) is 0 Å². The molecule has 3 N–H and O–H groups in total. The van der Waals surface area contributed by atoms with Crippen molar-refractivity contribution in [1.82, 2.24) is 24.8 Å². The number of benzene rings is 2. The molecule has 4 aromatic rings. The quantitative estimate of drug-likeness (QED) is 0.234. The van der Waals surface area contributed by atoms with Crippen LogP contribution >= 0.6 is 0 Å². The fourth-order valence-electron chi connectivity index (χ4n) is 4.44. The lowest BCUT2D eigenvalue weighted by atomic mass is 10.0. The first-order valence-corrected chi connectivity index (χ1v) is 13.1. The van der Waals surface area contributed by atoms with Crippen LogP contribution in [0.4, 0.5) is 46.6 Å². The Labute approximate surface area is 238 Å². The van der Waals surface area contributed by atoms with Crippen LogP contribution in [0, 0.1) is 12.7 Å². The lowest BCUT2D eigenvalue weighted by molar-refractivity contribution is -0.138. The van der Waals surface area contributed by atoms with Gasteiger partial charge in [0.15, 0.2) is 0 Å². The van der Waals surface area contributed by atoms with E-state index in [9.17, 15) is 22.4 Å². The van der Waals surface area contributed by atoms with Gasteiger partial charge in [-0.25, -0.2) is 19.3 Å². The number of piperazine rings is 1. The van der Waals surface area contributed by atoms with Gasteiger partial charge >= 0.3 is 12.2 Å². The number of aryl methyl sites for hydroxylation is 1. The Bertz CT molecular complexity index is 1570. The van der Waals surface area contributed by atoms with Gasteiger partial charge in [-0.15, -0.1) is 0 Å². The minimum Gasteiger partial charge on any atom is -0.418 e. The van der Waals surface area contributed by atoms with E-state index in [1.54, 1.807) is 19.1 Å². The summed E-state index contributed by atoms with van der Waals surface area (Å²) in [4.78, 5) is 29.1. The summed E-state index contributed by atoms with van der Waals surface area (Å²) in [5.41, 5.74) is -0.317. The number of oxazole rings is 1. The highest BCUT2D eigenvalue weighted by molar-refractivity contribution is 6.02. The third kappa shape index (κ3) is 7.19. The number of carbonyl (C=O) groups is 1. The van der Waals surface area contributed by atoms with Crippen molar-refractivity contribution in [3.8, 4) is 0 Å². The molecule has 220 valence electrons. The van der Waals surface area contributed by atoms with Gasteiger partial charge in [0, 0.05) is 44.5 Å². The van der Waals surface area contributed by atoms with E-state index in [2.05, 4.69) is 35.8 Å². The molecule has 42 heavy (non-hydrogen) atoms. The molecule has 0 atom stereocenters. The number of aromatic nitrogens is 3. The van der Waals surface area contributed by atoms with Crippen LogP contribution in [0.1, 0.15) is 27.5 Å². The van der Waals surface area contributed by atoms with E-state index in [-0.39, 0.29) is 46.9 Å². The summed E-state index contributed by atoms with van der Waals surface area (Å²) in [6.07, 6.45) is -3.37. The second kappa shape index (κ2) is 12.1. The van der Waals surface area contributed by atoms with Gasteiger partial charge < -0.3 is 20.0 Å². The van der Waals surface area contributed by atoms with Gasteiger partial charge in [-0.1, -0.05) is 18.2 Å². The fourth-order valence-corrected chi connectivity index (χ4v) is 4.44. The van der Waals surface area contributed by atoms with E-state index >= 15 is 0 Å². The number of nitrogens with zero attached hydrogens (tertiary/aromatic N) is 5. The van der Waals surface area contributed by atoms with Crippen LogP contribution in [0.3, 0.4) is 0 Å². The second-order valence-corrected chi connectivity index (χ2v) is 9.85. The Morgan fingerprint density at radius 1 is 1.00 bits per heavy atom. The molecule has 2 aromatic heterocycles. The van der Waals surface area contributed by atoms with Gasteiger partial charge in [-0.05, 0) is 43.8 Å². The largest absolute Gasteiger partial charge is 0.418 e. The molecule has 5 rings (SSSR count). The molecule has 0 bridgehead atoms. The molecule has 14 heteroatoms. The number of para-hydroxylation sites is 1. The van der Waals surface area contributed by atoms with E-state index in [1.807, 2.05) is 11.9 Å². The van der Waals surface area contributed by atoms with E-state index in [1.165, 1.54) is 30.3 Å². The van der Waals surface area contributed by atoms with Gasteiger partial charge in [-0.3, -0.25) is 15.0 Å². The number of halogens is 4. The zero-order valence-electron chi connectivity index (χ0n) is 22.8. The smallest absolute Gasteiger partial charge is 0.416 e. The Balaban J connectivity index is 1.29. The molecule has 0 aliphatic carbocycles. The highest BCUT2D eigenvalue weighted by atomic mass is 19.4. The molecule has 2 aromatic carbocycles. The summed E-state index contributed by atoms with van der Waals surface area (Å²) in [5.74, 6) is -0.731. The lowest BCUT2D eigenvalue weighted by Gasteiger charge is -2.33. The molecule has 1 saturated heterocycles. The van der Waals surface area contributed by atoms with Gasteiger partial charge in [-0.2, -0.15) is 13.2 Å². The van der Waals surface area contributed by atoms with E-state index < -0.39 is 23.5 Å². The molecule has 1 fully saturated rings. The number of hydrogen-bond acceptors (Lipinski definition) is 9. The summed E-state index contributed by atoms with van der Waals surface area (Å²) in [7, 11) is 1.99. The van der Waals surface area contributed by atoms with Gasteiger partial charge in [0.05, 0.1) is 17.4 Å². The Morgan fingerprint density at radius 3 is 2.43 bits per heavy atom. The van der Waals surface area contributed by atoms with Crippen LogP contribution in [-0.4, -0.2) is 63.9 Å². The van der Waals surface area contributed by atoms with Crippen LogP contribution in [0.5, 0.6) is 0 Å². The molecular weight excluding hydrogens is 556 g/mol. The minimum atomic E-state index is -4.53. The first-order valence-electron chi connectivity index (χ1n) is 13.1. The van der Waals surface area contributed by atoms with Crippen molar-refractivity contribution in [3.05, 3.63) is 83.3 Å². The lowest BCUT2D eigenvalue weighted by Crippen LogP contribution is -2.44. The Kier molecular flexibility index (Phi) is 8.36. The first-order chi connectivity index (χ1) is 20.0. The Morgan fingerprint density at radius 2 is 1.71 bits per heavy atom. The standard InChI is InChI=1S/C28H28F4N8O2/c1-17-34-24(36-19-8-7-18(20(13-19)28(30,31)32)16-40-11-9-39(2)10-12-40)14-25(35-17)38-27-33-15-23(42-27)26(41)37-22-6-4-3-5-21(22)29/h3-8,13-15H,9-12,16H2,1-2H3,(H,37,41)(H2,33,34,35,36,38). The number of amides is 1. The van der Waals surface area contributed by atoms with Gasteiger partial charge in [0.25, 0.3) is 5.91 Å². The average molecular weight is 585 g/mol. The van der Waals surface area contributed by atoms with Crippen molar-refractivity contribution in [2.24, 2.45) is 0 Å². The summed E-state index contributed by atoms with van der Waals surface area (Å²) >= 11 is 0. The molecule has 0 radical (unpaired) electrons. The van der Waals surface area contributed by atoms with Crippen molar-refractivity contribution >= 4 is 34.9 Å². The minimum absolute atomic E-state index is 0.0170. The number of carbonyl (C=O) groups excluding carboxylic acids is 1. The average Bonchev–Trinajstić information content (AvgIpc) is 3.40. The van der Waals surface area contributed by atoms with Crippen LogP contribution in [0.25, 0.3) is 0 Å². The van der Waals surface area contributed by atoms with Crippen LogP contribution in [0.2, 0.25) is 0 Å². The molecule has 0 unspecified atom stereocenters. The van der Waals surface area contributed by atoms with E-state index in [0.717, 1.165) is 25.4 Å². The topological polar surface area (TPSA) is 111 Å². The SMILES string of the molecule is Cc1nc(Nc2ccc(CN3CCN(C)CC3)c(C(F)(F)F)c2)cc(Nc2ncc(C(=O)Nc3ccccc3F)o2)n1. The van der Waals surface area contributed by atoms with Crippen molar-refractivity contribution in [3.63, 3.8) is 0 Å². The first kappa shape index (κ1) is 29.0. The van der Waals surface area contributed by atoms with Crippen molar-refractivity contribution in [2.45, 2.75) is 19.6 Å². The number of rotatable bonds is 8. The van der Waals surface area contributed by atoms with E-state index in [4.69, 9.17) is 4.42 Å². The molecule has 0 spiro atoms. The number of anilines is 5. The molecule has 1 aliphatic heterocycles. The molecule has 10 nitrogen and oxygen atoms in total. The molecular formula is C28H28F4N8O2. The van der Waals surface area contributed by atoms with Crippen molar-refractivity contribution in [2.75, 3.05) is 49.2 Å². The zero-order valence-corrected chi connectivity index (χ0v) is 22.8. The van der Waals surface area contributed by atoms with Crippen LogP contribution in [-0.2, 0) is 12.7 Å². The summed E-state index contributed by atoms with van der Waals surface area (Å²) in [6.45, 7) is 4.83. The summed E-state index contributed by atoms with van der Waals surface area (Å²) in [6, 6.07) is 11.2. The number of alkyl halides is 3. The molecule has 1 amide bonds. The maximum atomic E-state index is 14.0. The summed E-state index contributed by atoms with van der Waals surface area (Å²) in [5, 5.41) is 8.11. The molecule has 3 heterocycles. The van der Waals surface area contributed by atoms with E-state index in [0.29, 0.717) is 18.9 Å². The second-order valence-electron chi connectivity index (χ2n) is 9.85. The molecule has 1 aliphatic rings. The van der Waals surface area contributed by atoms with Crippen molar-refractivity contribution < 1.29 is 26.8 Å². The predicted octanol–water partition coefficient (Wildman–Crippen LogP) is 5.42. The fraction of sp³-hybridized carbons (Fsp3) is 0.286. The predicted molar refractivity (Wildman–Crippen MR) is 148 cm³/mol. The zero-order chi connectivity index (χ0) is 29.9. The maximum Gasteiger partial charge on any atom is 0.416 e.